The topological polar surface area (TPSA) is 38.3 Å². The molecule has 0 aromatic rings. The third-order valence-electron chi connectivity index (χ3n) is 2.68. The van der Waals surface area contributed by atoms with E-state index in [9.17, 15) is 4.79 Å². The van der Waals surface area contributed by atoms with Gasteiger partial charge in [-0.3, -0.25) is 0 Å². The Morgan fingerprint density at radius 3 is 2.77 bits per heavy atom. The van der Waals surface area contributed by atoms with E-state index in [1.54, 1.807) is 6.47 Å². The second-order valence-electron chi connectivity index (χ2n) is 3.62. The van der Waals surface area contributed by atoms with Crippen molar-refractivity contribution in [2.45, 2.75) is 38.7 Å². The van der Waals surface area contributed by atoms with Crippen molar-refractivity contribution in [3.05, 3.63) is 0 Å². The highest BCUT2D eigenvalue weighted by atomic mass is 16.5. The van der Waals surface area contributed by atoms with Crippen molar-refractivity contribution < 1.29 is 9.53 Å². The molecule has 0 amide bonds. The minimum absolute atomic E-state index is 0.101. The first kappa shape index (κ1) is 10.5. The van der Waals surface area contributed by atoms with Crippen LogP contribution in [0, 0.1) is 5.92 Å². The molecule has 1 heterocycles. The Kier molecular flexibility index (Phi) is 4.83. The van der Waals surface area contributed by atoms with Gasteiger partial charge in [-0.05, 0) is 38.3 Å². The Morgan fingerprint density at radius 2 is 2.23 bits per heavy atom. The quantitative estimate of drug-likeness (QED) is 0.698. The lowest BCUT2D eigenvalue weighted by atomic mass is 9.90. The van der Waals surface area contributed by atoms with E-state index in [4.69, 9.17) is 4.74 Å². The zero-order chi connectivity index (χ0) is 9.52. The molecule has 3 heteroatoms. The molecule has 0 spiro atoms. The molecule has 75 valence electrons. The smallest absolute Gasteiger partial charge is 0.417 e. The van der Waals surface area contributed by atoms with Crippen molar-refractivity contribution in [3.8, 4) is 0 Å². The van der Waals surface area contributed by atoms with Crippen LogP contribution in [0.25, 0.3) is 0 Å². The van der Waals surface area contributed by atoms with Crippen LogP contribution in [-0.2, 0) is 9.53 Å². The molecule has 3 nitrogen and oxygen atoms in total. The summed E-state index contributed by atoms with van der Waals surface area (Å²) in [6, 6.07) is 0. The van der Waals surface area contributed by atoms with Gasteiger partial charge in [-0.25, -0.2) is 4.79 Å². The number of hydrogen-bond acceptors (Lipinski definition) is 3. The summed E-state index contributed by atoms with van der Waals surface area (Å²) in [5.41, 5.74) is 0. The fourth-order valence-electron chi connectivity index (χ4n) is 1.95. The average Bonchev–Trinajstić information content (AvgIpc) is 2.19. The SMILES string of the molecule is CCCC(O[C]=O)C1CCNCC1. The molecule has 0 aliphatic carbocycles. The largest absolute Gasteiger partial charge is 0.454 e. The van der Waals surface area contributed by atoms with Gasteiger partial charge in [0.05, 0.1) is 0 Å². The van der Waals surface area contributed by atoms with E-state index in [0.717, 1.165) is 38.8 Å². The van der Waals surface area contributed by atoms with Crippen molar-refractivity contribution in [2.75, 3.05) is 13.1 Å². The first-order valence-corrected chi connectivity index (χ1v) is 5.12. The van der Waals surface area contributed by atoms with E-state index in [1.807, 2.05) is 0 Å². The fourth-order valence-corrected chi connectivity index (χ4v) is 1.95. The Bertz CT molecular complexity index is 144. The summed E-state index contributed by atoms with van der Waals surface area (Å²) in [5, 5.41) is 3.30. The van der Waals surface area contributed by atoms with Gasteiger partial charge in [0, 0.05) is 0 Å². The molecule has 0 bridgehead atoms. The van der Waals surface area contributed by atoms with E-state index in [0.29, 0.717) is 5.92 Å². The summed E-state index contributed by atoms with van der Waals surface area (Å²) in [7, 11) is 0. The summed E-state index contributed by atoms with van der Waals surface area (Å²) in [6.07, 6.45) is 4.37. The van der Waals surface area contributed by atoms with Crippen LogP contribution in [0.3, 0.4) is 0 Å². The lowest BCUT2D eigenvalue weighted by molar-refractivity contribution is 0.0874. The van der Waals surface area contributed by atoms with Gasteiger partial charge in [0.1, 0.15) is 6.10 Å². The monoisotopic (exact) mass is 184 g/mol. The lowest BCUT2D eigenvalue weighted by Crippen LogP contribution is -2.35. The van der Waals surface area contributed by atoms with Gasteiger partial charge in [0.15, 0.2) is 0 Å². The number of carbonyl (C=O) groups excluding carboxylic acids is 1. The number of hydrogen-bond donors (Lipinski definition) is 1. The molecule has 1 rings (SSSR count). The van der Waals surface area contributed by atoms with Crippen LogP contribution >= 0.6 is 0 Å². The van der Waals surface area contributed by atoms with E-state index in [2.05, 4.69) is 12.2 Å². The third kappa shape index (κ3) is 3.35. The number of ether oxygens (including phenoxy) is 1. The van der Waals surface area contributed by atoms with Crippen molar-refractivity contribution in [1.29, 1.82) is 0 Å². The van der Waals surface area contributed by atoms with Crippen LogP contribution in [0.4, 0.5) is 0 Å². The molecule has 1 unspecified atom stereocenters. The molecule has 0 aromatic carbocycles. The van der Waals surface area contributed by atoms with E-state index in [1.165, 1.54) is 0 Å². The molecule has 13 heavy (non-hydrogen) atoms. The van der Waals surface area contributed by atoms with Crippen LogP contribution < -0.4 is 5.32 Å². The fraction of sp³-hybridized carbons (Fsp3) is 0.900. The summed E-state index contributed by atoms with van der Waals surface area (Å²) < 4.78 is 4.99. The van der Waals surface area contributed by atoms with Crippen molar-refractivity contribution >= 4 is 6.47 Å². The minimum Gasteiger partial charge on any atom is -0.454 e. The van der Waals surface area contributed by atoms with Gasteiger partial charge in [0.25, 0.3) is 0 Å². The van der Waals surface area contributed by atoms with Crippen LogP contribution in [0.2, 0.25) is 0 Å². The van der Waals surface area contributed by atoms with E-state index < -0.39 is 0 Å². The summed E-state index contributed by atoms with van der Waals surface area (Å²) in [4.78, 5) is 10.2. The number of piperidine rings is 1. The van der Waals surface area contributed by atoms with Gasteiger partial charge in [-0.1, -0.05) is 13.3 Å². The summed E-state index contributed by atoms with van der Waals surface area (Å²) in [6.45, 7) is 5.79. The first-order chi connectivity index (χ1) is 6.38. The van der Waals surface area contributed by atoms with Crippen molar-refractivity contribution in [2.24, 2.45) is 5.92 Å². The predicted molar refractivity (Wildman–Crippen MR) is 51.1 cm³/mol. The number of nitrogens with one attached hydrogen (secondary N) is 1. The maximum Gasteiger partial charge on any atom is 0.417 e. The summed E-state index contributed by atoms with van der Waals surface area (Å²) in [5.74, 6) is 0.544. The standard InChI is InChI=1S/C10H18NO2/c1-2-3-10(13-8-12)9-4-6-11-7-5-9/h9-11H,2-7H2,1H3. The highest BCUT2D eigenvalue weighted by Gasteiger charge is 2.23. The first-order valence-electron chi connectivity index (χ1n) is 5.12. The molecule has 1 aliphatic rings. The zero-order valence-corrected chi connectivity index (χ0v) is 8.21. The highest BCUT2D eigenvalue weighted by Crippen LogP contribution is 2.21. The van der Waals surface area contributed by atoms with Crippen LogP contribution in [-0.4, -0.2) is 25.7 Å². The molecule has 1 fully saturated rings. The van der Waals surface area contributed by atoms with Gasteiger partial charge >= 0.3 is 6.47 Å². The Labute approximate surface area is 79.8 Å². The van der Waals surface area contributed by atoms with Crippen molar-refractivity contribution in [1.82, 2.24) is 5.32 Å². The molecule has 1 N–H and O–H groups in total. The average molecular weight is 184 g/mol. The van der Waals surface area contributed by atoms with Crippen LogP contribution in [0.15, 0.2) is 0 Å². The van der Waals surface area contributed by atoms with E-state index >= 15 is 0 Å². The van der Waals surface area contributed by atoms with Crippen molar-refractivity contribution in [3.63, 3.8) is 0 Å². The predicted octanol–water partition coefficient (Wildman–Crippen LogP) is 1.24. The van der Waals surface area contributed by atoms with E-state index in [-0.39, 0.29) is 6.10 Å². The van der Waals surface area contributed by atoms with Crippen LogP contribution in [0.5, 0.6) is 0 Å². The van der Waals surface area contributed by atoms with Gasteiger partial charge in [-0.15, -0.1) is 0 Å². The molecular formula is C10H18NO2. The molecule has 0 saturated carbocycles. The zero-order valence-electron chi connectivity index (χ0n) is 8.21. The maximum atomic E-state index is 10.2. The molecule has 1 radical (unpaired) electrons. The maximum absolute atomic E-state index is 10.2. The normalized spacial score (nSPS) is 21.0. The minimum atomic E-state index is 0.101. The Morgan fingerprint density at radius 1 is 1.54 bits per heavy atom. The number of rotatable bonds is 5. The Balaban J connectivity index is 2.36. The molecular weight excluding hydrogens is 166 g/mol. The second-order valence-corrected chi connectivity index (χ2v) is 3.62. The summed E-state index contributed by atoms with van der Waals surface area (Å²) >= 11 is 0. The Hall–Kier alpha value is -0.570. The lowest BCUT2D eigenvalue weighted by Gasteiger charge is -2.28. The molecule has 1 aliphatic heterocycles. The molecule has 1 saturated heterocycles. The second kappa shape index (κ2) is 5.97. The molecule has 1 atom stereocenters. The van der Waals surface area contributed by atoms with Gasteiger partial charge in [-0.2, -0.15) is 0 Å². The third-order valence-corrected chi connectivity index (χ3v) is 2.68. The van der Waals surface area contributed by atoms with Gasteiger partial charge < -0.3 is 10.1 Å². The van der Waals surface area contributed by atoms with Crippen LogP contribution in [0.1, 0.15) is 32.6 Å². The van der Waals surface area contributed by atoms with Gasteiger partial charge in [0.2, 0.25) is 0 Å². The molecule has 0 aromatic heterocycles. The highest BCUT2D eigenvalue weighted by molar-refractivity contribution is 5.38.